The van der Waals surface area contributed by atoms with Crippen molar-refractivity contribution in [2.24, 2.45) is 0 Å². The summed E-state index contributed by atoms with van der Waals surface area (Å²) in [7, 11) is -3.72. The SMILES string of the molecule is O=C(NCCCOP(=O)(C[C@H]1C[C@@H]2[C@@H](OCc3ccccc3)[C@H](OCc3ccccc3)[C@@H](COCc3ccccc3)N2O1)OCc1ccccc1)OCc1ccccc1. The molecule has 11 nitrogen and oxygen atoms in total. The molecule has 0 spiro atoms. The van der Waals surface area contributed by atoms with E-state index in [4.69, 9.17) is 32.8 Å². The maximum Gasteiger partial charge on any atom is 0.407 e. The van der Waals surface area contributed by atoms with Gasteiger partial charge in [-0.1, -0.05) is 152 Å². The molecule has 5 aromatic rings. The zero-order chi connectivity index (χ0) is 40.5. The van der Waals surface area contributed by atoms with E-state index >= 15 is 0 Å². The van der Waals surface area contributed by atoms with Crippen LogP contribution in [0.25, 0.3) is 0 Å². The lowest BCUT2D eigenvalue weighted by molar-refractivity contribution is -0.192. The van der Waals surface area contributed by atoms with E-state index in [1.165, 1.54) is 0 Å². The van der Waals surface area contributed by atoms with Crippen molar-refractivity contribution < 1.29 is 42.2 Å². The third-order valence-corrected chi connectivity index (χ3v) is 12.2. The first-order valence-electron chi connectivity index (χ1n) is 20.3. The molecule has 5 aromatic carbocycles. The second kappa shape index (κ2) is 22.1. The van der Waals surface area contributed by atoms with Gasteiger partial charge in [0.2, 0.25) is 0 Å². The van der Waals surface area contributed by atoms with Gasteiger partial charge in [0.05, 0.1) is 64.0 Å². The summed E-state index contributed by atoms with van der Waals surface area (Å²) < 4.78 is 52.0. The zero-order valence-corrected chi connectivity index (χ0v) is 34.1. The number of alkyl carbamates (subject to hydrolysis) is 1. The van der Waals surface area contributed by atoms with E-state index in [2.05, 4.69) is 5.32 Å². The fourth-order valence-electron chi connectivity index (χ4n) is 7.33. The van der Waals surface area contributed by atoms with Gasteiger partial charge < -0.3 is 33.3 Å². The van der Waals surface area contributed by atoms with Gasteiger partial charge in [0.25, 0.3) is 0 Å². The minimum absolute atomic E-state index is 0.0257. The van der Waals surface area contributed by atoms with Gasteiger partial charge in [-0.05, 0) is 40.7 Å². The summed E-state index contributed by atoms with van der Waals surface area (Å²) in [5.41, 5.74) is 4.93. The Morgan fingerprint density at radius 3 is 1.68 bits per heavy atom. The lowest BCUT2D eigenvalue weighted by Gasteiger charge is -2.29. The quantitative estimate of drug-likeness (QED) is 0.0537. The number of benzene rings is 5. The molecule has 2 fully saturated rings. The van der Waals surface area contributed by atoms with Gasteiger partial charge in [-0.25, -0.2) is 4.79 Å². The first-order chi connectivity index (χ1) is 29.0. The van der Waals surface area contributed by atoms with Gasteiger partial charge >= 0.3 is 13.7 Å². The van der Waals surface area contributed by atoms with Crippen molar-refractivity contribution in [2.75, 3.05) is 25.9 Å². The Morgan fingerprint density at radius 2 is 1.12 bits per heavy atom. The smallest absolute Gasteiger partial charge is 0.407 e. The van der Waals surface area contributed by atoms with Crippen LogP contribution in [0.2, 0.25) is 0 Å². The Bertz CT molecular complexity index is 2010. The highest BCUT2D eigenvalue weighted by atomic mass is 31.2. The first kappa shape index (κ1) is 42.4. The van der Waals surface area contributed by atoms with Gasteiger partial charge in [-0.15, -0.1) is 0 Å². The van der Waals surface area contributed by atoms with E-state index in [9.17, 15) is 9.36 Å². The highest BCUT2D eigenvalue weighted by molar-refractivity contribution is 7.53. The molecular formula is C47H53N2O9P. The predicted molar refractivity (Wildman–Crippen MR) is 224 cm³/mol. The van der Waals surface area contributed by atoms with Crippen LogP contribution >= 0.6 is 7.60 Å². The molecule has 2 aliphatic rings. The fourth-order valence-corrected chi connectivity index (χ4v) is 9.08. The van der Waals surface area contributed by atoms with Gasteiger partial charge in [-0.3, -0.25) is 9.40 Å². The van der Waals surface area contributed by atoms with Crippen molar-refractivity contribution in [1.82, 2.24) is 10.4 Å². The summed E-state index contributed by atoms with van der Waals surface area (Å²) in [5, 5.41) is 4.69. The summed E-state index contributed by atoms with van der Waals surface area (Å²) in [6.07, 6.45) is -0.862. The van der Waals surface area contributed by atoms with Crippen LogP contribution in [0.15, 0.2) is 152 Å². The average molecular weight is 821 g/mol. The molecule has 2 saturated heterocycles. The molecule has 59 heavy (non-hydrogen) atoms. The summed E-state index contributed by atoms with van der Waals surface area (Å²) >= 11 is 0. The molecule has 0 radical (unpaired) electrons. The predicted octanol–water partition coefficient (Wildman–Crippen LogP) is 8.87. The normalized spacial score (nSPS) is 21.1. The number of hydrogen-bond donors (Lipinski definition) is 1. The number of carbonyl (C=O) groups is 1. The number of ether oxygens (including phenoxy) is 4. The number of hydrogen-bond acceptors (Lipinski definition) is 10. The lowest BCUT2D eigenvalue weighted by atomic mass is 10.0. The Kier molecular flexibility index (Phi) is 15.9. The number of amides is 1. The number of fused-ring (bicyclic) bond motifs is 1. The number of nitrogens with one attached hydrogen (secondary N) is 1. The van der Waals surface area contributed by atoms with E-state index < -0.39 is 19.8 Å². The first-order valence-corrected chi connectivity index (χ1v) is 22.0. The maximum atomic E-state index is 14.6. The van der Waals surface area contributed by atoms with E-state index in [1.807, 2.05) is 157 Å². The van der Waals surface area contributed by atoms with Crippen LogP contribution < -0.4 is 5.32 Å². The van der Waals surface area contributed by atoms with Crippen LogP contribution in [0.1, 0.15) is 40.7 Å². The molecule has 2 heterocycles. The molecule has 6 atom stereocenters. The second-order valence-electron chi connectivity index (χ2n) is 14.7. The van der Waals surface area contributed by atoms with Crippen molar-refractivity contribution in [1.29, 1.82) is 0 Å². The molecule has 0 aromatic heterocycles. The molecule has 12 heteroatoms. The summed E-state index contributed by atoms with van der Waals surface area (Å²) in [4.78, 5) is 19.0. The van der Waals surface area contributed by atoms with Crippen LogP contribution in [0, 0.1) is 0 Å². The van der Waals surface area contributed by atoms with E-state index in [1.54, 1.807) is 0 Å². The Labute approximate surface area is 347 Å². The third kappa shape index (κ3) is 12.9. The number of rotatable bonds is 22. The van der Waals surface area contributed by atoms with Crippen molar-refractivity contribution >= 4 is 13.7 Å². The van der Waals surface area contributed by atoms with Crippen LogP contribution in [-0.2, 0) is 70.4 Å². The van der Waals surface area contributed by atoms with Crippen LogP contribution in [0.3, 0.4) is 0 Å². The summed E-state index contributed by atoms with van der Waals surface area (Å²) in [6.45, 7) is 2.18. The second-order valence-corrected chi connectivity index (χ2v) is 16.8. The molecule has 7 rings (SSSR count). The Morgan fingerprint density at radius 1 is 0.627 bits per heavy atom. The Balaban J connectivity index is 1.03. The maximum absolute atomic E-state index is 14.6. The largest absolute Gasteiger partial charge is 0.445 e. The fraction of sp³-hybridized carbons (Fsp3) is 0.340. The zero-order valence-electron chi connectivity index (χ0n) is 33.2. The van der Waals surface area contributed by atoms with E-state index in [0.29, 0.717) is 39.3 Å². The molecule has 1 amide bonds. The monoisotopic (exact) mass is 820 g/mol. The molecule has 0 aliphatic carbocycles. The average Bonchev–Trinajstić information content (AvgIpc) is 3.80. The standard InChI is InChI=1S/C47H53N2O9P/c50-47(55-33-40-23-12-4-13-24-40)48-27-16-28-56-59(51,57-34-41-25-14-5-15-26-41)36-42-29-43-45(53-31-38-19-8-2-9-20-38)46(54-32-39-21-10-3-11-22-39)44(49(43)58-42)35-52-30-37-17-6-1-7-18-37/h1-15,17-26,42-46H,16,27-36H2,(H,48,50)/t42-,43-,44-,45-,46-,59?/m1/s1. The van der Waals surface area contributed by atoms with Crippen LogP contribution in [-0.4, -0.2) is 67.5 Å². The highest BCUT2D eigenvalue weighted by Crippen LogP contribution is 2.52. The van der Waals surface area contributed by atoms with E-state index in [-0.39, 0.29) is 56.8 Å². The van der Waals surface area contributed by atoms with Crippen molar-refractivity contribution in [3.63, 3.8) is 0 Å². The highest BCUT2D eigenvalue weighted by Gasteiger charge is 2.57. The minimum atomic E-state index is -3.72. The number of nitrogens with zero attached hydrogens (tertiary/aromatic N) is 1. The van der Waals surface area contributed by atoms with Gasteiger partial charge in [0.15, 0.2) is 0 Å². The van der Waals surface area contributed by atoms with Crippen LogP contribution in [0.5, 0.6) is 0 Å². The molecule has 310 valence electrons. The molecule has 0 saturated carbocycles. The number of carbonyl (C=O) groups excluding carboxylic acids is 1. The summed E-state index contributed by atoms with van der Waals surface area (Å²) in [6, 6.07) is 48.7. The third-order valence-electron chi connectivity index (χ3n) is 10.3. The van der Waals surface area contributed by atoms with Gasteiger partial charge in [0.1, 0.15) is 18.8 Å². The molecule has 2 aliphatic heterocycles. The Hall–Kier alpha value is -4.68. The van der Waals surface area contributed by atoms with Crippen molar-refractivity contribution in [3.05, 3.63) is 179 Å². The topological polar surface area (TPSA) is 114 Å². The minimum Gasteiger partial charge on any atom is -0.445 e. The van der Waals surface area contributed by atoms with Crippen LogP contribution in [0.4, 0.5) is 4.79 Å². The molecule has 1 N–H and O–H groups in total. The van der Waals surface area contributed by atoms with E-state index in [0.717, 1.165) is 27.8 Å². The molecule has 1 unspecified atom stereocenters. The summed E-state index contributed by atoms with van der Waals surface area (Å²) in [5.74, 6) is 0. The van der Waals surface area contributed by atoms with Gasteiger partial charge in [-0.2, -0.15) is 5.06 Å². The van der Waals surface area contributed by atoms with Gasteiger partial charge in [0, 0.05) is 6.54 Å². The molecular weight excluding hydrogens is 767 g/mol. The molecule has 0 bridgehead atoms. The lowest BCUT2D eigenvalue weighted by Crippen LogP contribution is -2.42. The number of hydroxylamine groups is 2. The van der Waals surface area contributed by atoms with Crippen molar-refractivity contribution in [3.8, 4) is 0 Å². The van der Waals surface area contributed by atoms with Crippen molar-refractivity contribution in [2.45, 2.75) is 76.3 Å².